The van der Waals surface area contributed by atoms with Crippen molar-refractivity contribution >= 4 is 6.40 Å². The van der Waals surface area contributed by atoms with Gasteiger partial charge in [0.05, 0.1) is 0 Å². The summed E-state index contributed by atoms with van der Waals surface area (Å²) in [5.74, 6) is 0. The summed E-state index contributed by atoms with van der Waals surface area (Å²) in [5, 5.41) is 0. The zero-order valence-corrected chi connectivity index (χ0v) is 4.16. The Hall–Kier alpha value is -0.790. The van der Waals surface area contributed by atoms with E-state index >= 15 is 0 Å². The van der Waals surface area contributed by atoms with E-state index in [1.54, 1.807) is 6.20 Å². The highest BCUT2D eigenvalue weighted by Crippen LogP contribution is 1.94. The Labute approximate surface area is 42.5 Å². The van der Waals surface area contributed by atoms with Gasteiger partial charge in [-0.2, -0.15) is 0 Å². The quantitative estimate of drug-likeness (QED) is 0.441. The predicted molar refractivity (Wildman–Crippen MR) is 28.2 cm³/mol. The molecule has 7 heavy (non-hydrogen) atoms. The van der Waals surface area contributed by atoms with Crippen molar-refractivity contribution in [3.63, 3.8) is 0 Å². The lowest BCUT2D eigenvalue weighted by Gasteiger charge is -2.05. The Bertz CT molecular complexity index is 107. The highest BCUT2D eigenvalue weighted by atomic mass is 16.5. The Morgan fingerprint density at radius 1 is 1.71 bits per heavy atom. The molecule has 0 radical (unpaired) electrons. The molecule has 1 rings (SSSR count). The van der Waals surface area contributed by atoms with Gasteiger partial charge in [0, 0.05) is 6.20 Å². The second-order valence-electron chi connectivity index (χ2n) is 1.44. The second kappa shape index (κ2) is 1.78. The van der Waals surface area contributed by atoms with Crippen LogP contribution in [0.5, 0.6) is 0 Å². The van der Waals surface area contributed by atoms with Crippen LogP contribution >= 0.6 is 0 Å². The van der Waals surface area contributed by atoms with Crippen molar-refractivity contribution < 1.29 is 4.74 Å². The van der Waals surface area contributed by atoms with E-state index < -0.39 is 0 Å². The lowest BCUT2D eigenvalue weighted by atomic mass is 10.4. The lowest BCUT2D eigenvalue weighted by Crippen LogP contribution is -2.04. The summed E-state index contributed by atoms with van der Waals surface area (Å²) in [7, 11) is 0. The molecule has 38 valence electrons. The van der Waals surface area contributed by atoms with E-state index in [2.05, 4.69) is 4.99 Å². The van der Waals surface area contributed by atoms with Gasteiger partial charge in [0.25, 0.3) is 0 Å². The molecule has 0 bridgehead atoms. The molecule has 0 N–H and O–H groups in total. The van der Waals surface area contributed by atoms with Crippen LogP contribution in [0.4, 0.5) is 0 Å². The van der Waals surface area contributed by atoms with E-state index in [1.165, 1.54) is 6.40 Å². The van der Waals surface area contributed by atoms with Gasteiger partial charge >= 0.3 is 0 Å². The summed E-state index contributed by atoms with van der Waals surface area (Å²) in [4.78, 5) is 3.70. The number of ether oxygens (including phenoxy) is 1. The van der Waals surface area contributed by atoms with Crippen LogP contribution in [0.15, 0.2) is 17.3 Å². The molecule has 2 nitrogen and oxygen atoms in total. The minimum Gasteiger partial charge on any atom is -0.476 e. The zero-order valence-electron chi connectivity index (χ0n) is 4.16. The first-order valence-corrected chi connectivity index (χ1v) is 2.23. The van der Waals surface area contributed by atoms with Crippen LogP contribution in [0.25, 0.3) is 0 Å². The Morgan fingerprint density at radius 3 is 2.86 bits per heavy atom. The number of aliphatic imine (C=N–C) groups is 1. The standard InChI is InChI=1S/C5H7NO/c1-5-2-3-6-4-7-5/h2-5H,1H3. The molecule has 1 heterocycles. The molecule has 0 aromatic heterocycles. The predicted octanol–water partition coefficient (Wildman–Crippen LogP) is 0.947. The monoisotopic (exact) mass is 97.1 g/mol. The van der Waals surface area contributed by atoms with Crippen molar-refractivity contribution in [2.45, 2.75) is 13.0 Å². The van der Waals surface area contributed by atoms with Crippen LogP contribution in [0.1, 0.15) is 6.92 Å². The summed E-state index contributed by atoms with van der Waals surface area (Å²) in [6, 6.07) is 0. The lowest BCUT2D eigenvalue weighted by molar-refractivity contribution is 0.265. The fourth-order valence-corrected chi connectivity index (χ4v) is 0.383. The van der Waals surface area contributed by atoms with Gasteiger partial charge in [-0.3, -0.25) is 0 Å². The molecule has 0 fully saturated rings. The highest BCUT2D eigenvalue weighted by Gasteiger charge is 1.93. The fraction of sp³-hybridized carbons (Fsp3) is 0.400. The summed E-state index contributed by atoms with van der Waals surface area (Å²) >= 11 is 0. The van der Waals surface area contributed by atoms with Gasteiger partial charge in [0.2, 0.25) is 0 Å². The first-order valence-electron chi connectivity index (χ1n) is 2.23. The maximum absolute atomic E-state index is 4.90. The number of hydrogen-bond acceptors (Lipinski definition) is 2. The van der Waals surface area contributed by atoms with Crippen LogP contribution in [0.2, 0.25) is 0 Å². The van der Waals surface area contributed by atoms with Gasteiger partial charge in [0.1, 0.15) is 6.10 Å². The van der Waals surface area contributed by atoms with Crippen molar-refractivity contribution in [1.82, 2.24) is 0 Å². The summed E-state index contributed by atoms with van der Waals surface area (Å²) in [6.07, 6.45) is 5.27. The third-order valence-corrected chi connectivity index (χ3v) is 0.780. The van der Waals surface area contributed by atoms with Crippen LogP contribution in [-0.4, -0.2) is 12.5 Å². The fourth-order valence-electron chi connectivity index (χ4n) is 0.383. The largest absolute Gasteiger partial charge is 0.476 e. The smallest absolute Gasteiger partial charge is 0.174 e. The van der Waals surface area contributed by atoms with Gasteiger partial charge in [-0.05, 0) is 13.0 Å². The summed E-state index contributed by atoms with van der Waals surface area (Å²) in [6.45, 7) is 1.96. The van der Waals surface area contributed by atoms with E-state index in [0.29, 0.717) is 0 Å². The Morgan fingerprint density at radius 2 is 2.57 bits per heavy atom. The second-order valence-corrected chi connectivity index (χ2v) is 1.44. The minimum atomic E-state index is 0.206. The average Bonchev–Trinajstić information content (AvgIpc) is 1.69. The van der Waals surface area contributed by atoms with E-state index in [-0.39, 0.29) is 6.10 Å². The SMILES string of the molecule is CC1C=CN=CO1. The van der Waals surface area contributed by atoms with Crippen LogP contribution in [0.3, 0.4) is 0 Å². The van der Waals surface area contributed by atoms with Gasteiger partial charge in [0.15, 0.2) is 6.40 Å². The zero-order chi connectivity index (χ0) is 5.11. The van der Waals surface area contributed by atoms with Gasteiger partial charge in [-0.15, -0.1) is 0 Å². The molecule has 2 heteroatoms. The Kier molecular flexibility index (Phi) is 1.11. The Balaban J connectivity index is 2.49. The van der Waals surface area contributed by atoms with Crippen LogP contribution in [-0.2, 0) is 4.74 Å². The van der Waals surface area contributed by atoms with E-state index in [0.717, 1.165) is 0 Å². The average molecular weight is 97.1 g/mol. The topological polar surface area (TPSA) is 21.6 Å². The summed E-state index contributed by atoms with van der Waals surface area (Å²) in [5.41, 5.74) is 0. The third-order valence-electron chi connectivity index (χ3n) is 0.780. The van der Waals surface area contributed by atoms with Crippen molar-refractivity contribution in [1.29, 1.82) is 0 Å². The van der Waals surface area contributed by atoms with Gasteiger partial charge < -0.3 is 4.74 Å². The van der Waals surface area contributed by atoms with E-state index in [9.17, 15) is 0 Å². The van der Waals surface area contributed by atoms with E-state index in [1.807, 2.05) is 13.0 Å². The molecule has 0 saturated heterocycles. The molecular formula is C5H7NO. The first-order chi connectivity index (χ1) is 3.39. The molecule has 0 aliphatic carbocycles. The third kappa shape index (κ3) is 1.03. The molecule has 1 aliphatic rings. The molecule has 1 aliphatic heterocycles. The molecular weight excluding hydrogens is 90.1 g/mol. The molecule has 0 aromatic rings. The minimum absolute atomic E-state index is 0.206. The van der Waals surface area contributed by atoms with E-state index in [4.69, 9.17) is 4.74 Å². The van der Waals surface area contributed by atoms with Crippen molar-refractivity contribution in [3.05, 3.63) is 12.3 Å². The highest BCUT2D eigenvalue weighted by molar-refractivity contribution is 5.49. The number of nitrogens with zero attached hydrogens (tertiary/aromatic N) is 1. The molecule has 0 saturated carbocycles. The van der Waals surface area contributed by atoms with Crippen LogP contribution < -0.4 is 0 Å². The van der Waals surface area contributed by atoms with Crippen LogP contribution in [0, 0.1) is 0 Å². The maximum atomic E-state index is 4.90. The normalized spacial score (nSPS) is 27.3. The molecule has 1 unspecified atom stereocenters. The van der Waals surface area contributed by atoms with Crippen molar-refractivity contribution in [3.8, 4) is 0 Å². The molecule has 1 atom stereocenters. The first kappa shape index (κ1) is 4.37. The number of hydrogen-bond donors (Lipinski definition) is 0. The number of rotatable bonds is 0. The molecule has 0 amide bonds. The van der Waals surface area contributed by atoms with Gasteiger partial charge in [-0.1, -0.05) is 0 Å². The molecule has 0 aromatic carbocycles. The van der Waals surface area contributed by atoms with Crippen molar-refractivity contribution in [2.75, 3.05) is 0 Å². The van der Waals surface area contributed by atoms with Crippen molar-refractivity contribution in [2.24, 2.45) is 4.99 Å². The summed E-state index contributed by atoms with van der Waals surface area (Å²) < 4.78 is 4.90. The molecule has 0 spiro atoms. The van der Waals surface area contributed by atoms with Gasteiger partial charge in [-0.25, -0.2) is 4.99 Å². The maximum Gasteiger partial charge on any atom is 0.174 e.